The van der Waals surface area contributed by atoms with Crippen LogP contribution in [0.1, 0.15) is 46.0 Å². The topological polar surface area (TPSA) is 37.4 Å². The van der Waals surface area contributed by atoms with Gasteiger partial charge in [0.05, 0.1) is 0 Å². The second-order valence-corrected chi connectivity index (χ2v) is 5.42. The molecule has 84 valence electrons. The molecule has 1 amide bonds. The van der Waals surface area contributed by atoms with E-state index in [4.69, 9.17) is 0 Å². The Labute approximate surface area is 90.8 Å². The molecule has 0 N–H and O–H groups in total. The van der Waals surface area contributed by atoms with Crippen molar-refractivity contribution in [3.63, 3.8) is 0 Å². The van der Waals surface area contributed by atoms with Crippen LogP contribution in [0.25, 0.3) is 0 Å². The fourth-order valence-corrected chi connectivity index (χ4v) is 2.94. The van der Waals surface area contributed by atoms with E-state index in [1.165, 1.54) is 12.8 Å². The molecule has 2 rings (SSSR count). The van der Waals surface area contributed by atoms with Crippen molar-refractivity contribution in [3.8, 4) is 0 Å². The van der Waals surface area contributed by atoms with Crippen molar-refractivity contribution in [1.82, 2.24) is 4.90 Å². The van der Waals surface area contributed by atoms with E-state index < -0.39 is 0 Å². The first kappa shape index (κ1) is 10.7. The van der Waals surface area contributed by atoms with Crippen LogP contribution in [-0.4, -0.2) is 29.2 Å². The van der Waals surface area contributed by atoms with Crippen LogP contribution in [-0.2, 0) is 9.59 Å². The molecule has 1 aliphatic heterocycles. The first-order chi connectivity index (χ1) is 7.02. The average molecular weight is 209 g/mol. The first-order valence-corrected chi connectivity index (χ1v) is 5.86. The van der Waals surface area contributed by atoms with Gasteiger partial charge >= 0.3 is 0 Å². The van der Waals surface area contributed by atoms with Gasteiger partial charge in [-0.25, -0.2) is 0 Å². The number of hydrogen-bond donors (Lipinski definition) is 0. The van der Waals surface area contributed by atoms with Crippen LogP contribution in [0.15, 0.2) is 0 Å². The van der Waals surface area contributed by atoms with E-state index in [0.717, 1.165) is 12.8 Å². The third-order valence-electron chi connectivity index (χ3n) is 3.91. The molecule has 1 atom stereocenters. The van der Waals surface area contributed by atoms with Crippen LogP contribution >= 0.6 is 0 Å². The van der Waals surface area contributed by atoms with E-state index in [1.54, 1.807) is 0 Å². The van der Waals surface area contributed by atoms with Gasteiger partial charge in [-0.1, -0.05) is 26.7 Å². The molecule has 0 radical (unpaired) electrons. The molecule has 2 aliphatic rings. The van der Waals surface area contributed by atoms with Crippen molar-refractivity contribution in [2.75, 3.05) is 6.54 Å². The number of hydrogen-bond acceptors (Lipinski definition) is 2. The second-order valence-electron chi connectivity index (χ2n) is 5.42. The molecule has 3 heteroatoms. The van der Waals surface area contributed by atoms with Gasteiger partial charge in [-0.15, -0.1) is 0 Å². The van der Waals surface area contributed by atoms with Crippen LogP contribution in [0, 0.1) is 5.41 Å². The summed E-state index contributed by atoms with van der Waals surface area (Å²) in [5.41, 5.74) is 0.179. The van der Waals surface area contributed by atoms with Gasteiger partial charge in [0.2, 0.25) is 5.78 Å². The maximum atomic E-state index is 11.7. The van der Waals surface area contributed by atoms with E-state index in [9.17, 15) is 9.59 Å². The minimum Gasteiger partial charge on any atom is -0.332 e. The van der Waals surface area contributed by atoms with Crippen LogP contribution in [0.4, 0.5) is 0 Å². The number of Topliss-reactive ketones (excluding diaryl/α,β-unsaturated/α-hetero) is 1. The van der Waals surface area contributed by atoms with Gasteiger partial charge in [0.1, 0.15) is 0 Å². The van der Waals surface area contributed by atoms with Crippen LogP contribution < -0.4 is 0 Å². The number of carbonyl (C=O) groups is 2. The Morgan fingerprint density at radius 3 is 2.53 bits per heavy atom. The van der Waals surface area contributed by atoms with Gasteiger partial charge in [-0.2, -0.15) is 0 Å². The number of ketones is 1. The highest BCUT2D eigenvalue weighted by molar-refractivity contribution is 6.37. The van der Waals surface area contributed by atoms with Gasteiger partial charge in [0.25, 0.3) is 5.91 Å². The summed E-state index contributed by atoms with van der Waals surface area (Å²) in [6.45, 7) is 5.07. The zero-order chi connectivity index (χ0) is 11.1. The van der Waals surface area contributed by atoms with E-state index >= 15 is 0 Å². The Hall–Kier alpha value is -0.860. The van der Waals surface area contributed by atoms with Crippen molar-refractivity contribution in [1.29, 1.82) is 0 Å². The zero-order valence-corrected chi connectivity index (χ0v) is 9.58. The highest BCUT2D eigenvalue weighted by atomic mass is 16.2. The van der Waals surface area contributed by atoms with E-state index in [2.05, 4.69) is 13.8 Å². The molecule has 0 aromatic carbocycles. The SMILES string of the molecule is CC1(C)CCCCC1N1CCC(=O)C1=O. The van der Waals surface area contributed by atoms with Crippen LogP contribution in [0.3, 0.4) is 0 Å². The highest BCUT2D eigenvalue weighted by Gasteiger charge is 2.42. The molecule has 0 bridgehead atoms. The Morgan fingerprint density at radius 1 is 1.27 bits per heavy atom. The molecule has 3 nitrogen and oxygen atoms in total. The summed E-state index contributed by atoms with van der Waals surface area (Å²) in [6.07, 6.45) is 5.08. The Bertz CT molecular complexity index is 296. The number of carbonyl (C=O) groups excluding carboxylic acids is 2. The standard InChI is InChI=1S/C12H19NO2/c1-12(2)7-4-3-5-10(12)13-8-6-9(14)11(13)15/h10H,3-8H2,1-2H3. The number of rotatable bonds is 1. The molecular formula is C12H19NO2. The molecule has 1 heterocycles. The van der Waals surface area contributed by atoms with Gasteiger partial charge in [-0.3, -0.25) is 9.59 Å². The normalized spacial score (nSPS) is 31.1. The molecule has 0 spiro atoms. The molecular weight excluding hydrogens is 190 g/mol. The fourth-order valence-electron chi connectivity index (χ4n) is 2.94. The lowest BCUT2D eigenvalue weighted by Crippen LogP contribution is -2.48. The van der Waals surface area contributed by atoms with E-state index in [0.29, 0.717) is 13.0 Å². The number of amides is 1. The van der Waals surface area contributed by atoms with Crippen LogP contribution in [0.5, 0.6) is 0 Å². The summed E-state index contributed by atoms with van der Waals surface area (Å²) in [6, 6.07) is 0.283. The quantitative estimate of drug-likeness (QED) is 0.617. The Balaban J connectivity index is 2.15. The summed E-state index contributed by atoms with van der Waals surface area (Å²) in [4.78, 5) is 24.7. The lowest BCUT2D eigenvalue weighted by molar-refractivity contribution is -0.143. The maximum Gasteiger partial charge on any atom is 0.290 e. The smallest absolute Gasteiger partial charge is 0.290 e. The van der Waals surface area contributed by atoms with Gasteiger partial charge < -0.3 is 4.90 Å². The van der Waals surface area contributed by atoms with E-state index in [-0.39, 0.29) is 23.1 Å². The molecule has 1 saturated heterocycles. The molecule has 0 aromatic rings. The lowest BCUT2D eigenvalue weighted by Gasteiger charge is -2.43. The molecule has 1 unspecified atom stereocenters. The van der Waals surface area contributed by atoms with Crippen molar-refractivity contribution in [2.45, 2.75) is 52.0 Å². The predicted octanol–water partition coefficient (Wildman–Crippen LogP) is 1.76. The Morgan fingerprint density at radius 2 is 2.00 bits per heavy atom. The van der Waals surface area contributed by atoms with Crippen molar-refractivity contribution in [2.24, 2.45) is 5.41 Å². The minimum absolute atomic E-state index is 0.179. The Kier molecular flexibility index (Phi) is 2.57. The lowest BCUT2D eigenvalue weighted by atomic mass is 9.72. The van der Waals surface area contributed by atoms with Gasteiger partial charge in [0, 0.05) is 19.0 Å². The van der Waals surface area contributed by atoms with E-state index in [1.807, 2.05) is 4.90 Å². The van der Waals surface area contributed by atoms with Gasteiger partial charge in [0.15, 0.2) is 0 Å². The summed E-state index contributed by atoms with van der Waals surface area (Å²) >= 11 is 0. The average Bonchev–Trinajstić information content (AvgIpc) is 2.48. The number of likely N-dealkylation sites (tertiary alicyclic amines) is 1. The minimum atomic E-state index is -0.241. The summed E-state index contributed by atoms with van der Waals surface area (Å²) in [5.74, 6) is -0.439. The monoisotopic (exact) mass is 209 g/mol. The first-order valence-electron chi connectivity index (χ1n) is 5.86. The summed E-state index contributed by atoms with van der Waals surface area (Å²) < 4.78 is 0. The maximum absolute atomic E-state index is 11.7. The molecule has 0 aromatic heterocycles. The largest absolute Gasteiger partial charge is 0.332 e. The van der Waals surface area contributed by atoms with Crippen molar-refractivity contribution in [3.05, 3.63) is 0 Å². The van der Waals surface area contributed by atoms with Crippen molar-refractivity contribution < 1.29 is 9.59 Å². The zero-order valence-electron chi connectivity index (χ0n) is 9.58. The second kappa shape index (κ2) is 3.62. The number of nitrogens with zero attached hydrogens (tertiary/aromatic N) is 1. The summed E-state index contributed by atoms with van der Waals surface area (Å²) in [7, 11) is 0. The van der Waals surface area contributed by atoms with Crippen LogP contribution in [0.2, 0.25) is 0 Å². The fraction of sp³-hybridized carbons (Fsp3) is 0.833. The highest BCUT2D eigenvalue weighted by Crippen LogP contribution is 2.39. The molecule has 1 saturated carbocycles. The molecule has 1 aliphatic carbocycles. The third kappa shape index (κ3) is 1.80. The van der Waals surface area contributed by atoms with Gasteiger partial charge in [-0.05, 0) is 18.3 Å². The molecule has 2 fully saturated rings. The third-order valence-corrected chi connectivity index (χ3v) is 3.91. The predicted molar refractivity (Wildman–Crippen MR) is 57.4 cm³/mol. The van der Waals surface area contributed by atoms with Crippen molar-refractivity contribution >= 4 is 11.7 Å². The molecule has 15 heavy (non-hydrogen) atoms. The summed E-state index contributed by atoms with van der Waals surface area (Å²) in [5, 5.41) is 0.